The molecule has 1 aliphatic heterocycles. The van der Waals surface area contributed by atoms with Crippen LogP contribution in [0.1, 0.15) is 16.6 Å². The molecule has 3 aromatic rings. The van der Waals surface area contributed by atoms with E-state index in [0.717, 1.165) is 22.6 Å². The Balaban J connectivity index is 1.96. The highest BCUT2D eigenvalue weighted by molar-refractivity contribution is 6.09. The normalized spacial score (nSPS) is 29.3. The monoisotopic (exact) mass is 357 g/mol. The molecule has 7 nitrogen and oxygen atoms in total. The van der Waals surface area contributed by atoms with Gasteiger partial charge >= 0.3 is 0 Å². The van der Waals surface area contributed by atoms with Gasteiger partial charge in [0.2, 0.25) is 0 Å². The van der Waals surface area contributed by atoms with Crippen LogP contribution in [0.5, 0.6) is 0 Å². The molecule has 2 aromatic carbocycles. The van der Waals surface area contributed by atoms with Gasteiger partial charge in [-0.15, -0.1) is 0 Å². The molecular formula is C19H19NO6. The Bertz CT molecular complexity index is 965. The lowest BCUT2D eigenvalue weighted by Gasteiger charge is -2.41. The fraction of sp³-hybridized carbons (Fsp3) is 0.316. The number of fused-ring (bicyclic) bond motifs is 3. The number of rotatable bonds is 3. The van der Waals surface area contributed by atoms with E-state index in [2.05, 4.69) is 0 Å². The highest BCUT2D eigenvalue weighted by Crippen LogP contribution is 2.37. The number of benzene rings is 2. The van der Waals surface area contributed by atoms with Crippen molar-refractivity contribution in [3.63, 3.8) is 0 Å². The topological polar surface area (TPSA) is 112 Å². The molecule has 4 N–H and O–H groups in total. The Kier molecular flexibility index (Phi) is 4.26. The van der Waals surface area contributed by atoms with Crippen molar-refractivity contribution in [3.8, 4) is 0 Å². The minimum atomic E-state index is -1.46. The zero-order valence-corrected chi connectivity index (χ0v) is 13.8. The molecule has 0 amide bonds. The predicted octanol–water partition coefficient (Wildman–Crippen LogP) is 0.579. The van der Waals surface area contributed by atoms with Crippen molar-refractivity contribution in [2.45, 2.75) is 30.6 Å². The maximum Gasteiger partial charge on any atom is 0.163 e. The third-order valence-corrected chi connectivity index (χ3v) is 4.99. The van der Waals surface area contributed by atoms with E-state index in [4.69, 9.17) is 4.74 Å². The quantitative estimate of drug-likeness (QED) is 0.510. The average Bonchev–Trinajstić information content (AvgIpc) is 3.00. The number of aromatic nitrogens is 1. The molecule has 5 atom stereocenters. The van der Waals surface area contributed by atoms with E-state index < -0.39 is 37.3 Å². The molecule has 0 unspecified atom stereocenters. The van der Waals surface area contributed by atoms with Gasteiger partial charge in [-0.2, -0.15) is 0 Å². The Morgan fingerprint density at radius 3 is 2.42 bits per heavy atom. The predicted molar refractivity (Wildman–Crippen MR) is 93.8 cm³/mol. The van der Waals surface area contributed by atoms with Crippen molar-refractivity contribution in [1.29, 1.82) is 0 Å². The Morgan fingerprint density at radius 2 is 1.69 bits per heavy atom. The summed E-state index contributed by atoms with van der Waals surface area (Å²) < 4.78 is 7.46. The van der Waals surface area contributed by atoms with Gasteiger partial charge in [-0.1, -0.05) is 18.2 Å². The number of hydrogen-bond acceptors (Lipinski definition) is 6. The second-order valence-electron chi connectivity index (χ2n) is 6.50. The molecule has 0 saturated carbocycles. The molecule has 1 fully saturated rings. The second kappa shape index (κ2) is 6.46. The summed E-state index contributed by atoms with van der Waals surface area (Å²) in [5.74, 6) is 0. The summed E-state index contributed by atoms with van der Waals surface area (Å²) in [4.78, 5) is 11.1. The van der Waals surface area contributed by atoms with Gasteiger partial charge in [0.15, 0.2) is 6.23 Å². The minimum absolute atomic E-state index is 0.492. The zero-order valence-electron chi connectivity index (χ0n) is 13.8. The summed E-state index contributed by atoms with van der Waals surface area (Å²) >= 11 is 0. The molecule has 0 spiro atoms. The van der Waals surface area contributed by atoms with E-state index in [1.807, 2.05) is 24.3 Å². The number of aliphatic hydroxyl groups excluding tert-OH is 4. The van der Waals surface area contributed by atoms with Crippen molar-refractivity contribution >= 4 is 28.1 Å². The third kappa shape index (κ3) is 2.45. The van der Waals surface area contributed by atoms with Gasteiger partial charge in [-0.3, -0.25) is 4.79 Å². The van der Waals surface area contributed by atoms with Crippen LogP contribution in [0.3, 0.4) is 0 Å². The largest absolute Gasteiger partial charge is 0.394 e. The van der Waals surface area contributed by atoms with E-state index in [9.17, 15) is 25.2 Å². The van der Waals surface area contributed by atoms with Gasteiger partial charge in [0, 0.05) is 16.3 Å². The standard InChI is InChI=1S/C19H19NO6/c21-8-10-5-6-14-12(7-10)11-3-1-2-4-13(11)20(14)19-18(25)17(24)16(23)15(9-22)26-19/h1-8,15-19,22-25H,9H2/t15-,16-,17+,18-,19-/m1/s1. The molecule has 136 valence electrons. The number of carbonyl (C=O) groups is 1. The van der Waals surface area contributed by atoms with Gasteiger partial charge in [0.05, 0.1) is 17.6 Å². The number of carbonyl (C=O) groups excluding carboxylic acids is 1. The van der Waals surface area contributed by atoms with Crippen molar-refractivity contribution in [3.05, 3.63) is 48.0 Å². The van der Waals surface area contributed by atoms with E-state index in [0.29, 0.717) is 11.1 Å². The van der Waals surface area contributed by atoms with E-state index >= 15 is 0 Å². The Morgan fingerprint density at radius 1 is 0.962 bits per heavy atom. The average molecular weight is 357 g/mol. The molecule has 0 aliphatic carbocycles. The summed E-state index contributed by atoms with van der Waals surface area (Å²) in [5.41, 5.74) is 1.98. The Labute approximate surface area is 148 Å². The van der Waals surface area contributed by atoms with Gasteiger partial charge in [-0.05, 0) is 24.3 Å². The smallest absolute Gasteiger partial charge is 0.163 e. The van der Waals surface area contributed by atoms with Gasteiger partial charge < -0.3 is 29.7 Å². The fourth-order valence-electron chi connectivity index (χ4n) is 3.66. The zero-order chi connectivity index (χ0) is 18.4. The highest BCUT2D eigenvalue weighted by Gasteiger charge is 2.44. The summed E-state index contributed by atoms with van der Waals surface area (Å²) in [6.45, 7) is -0.492. The van der Waals surface area contributed by atoms with Crippen molar-refractivity contribution in [1.82, 2.24) is 4.57 Å². The number of aliphatic hydroxyl groups is 4. The molecule has 1 aliphatic rings. The number of aldehydes is 1. The first-order valence-electron chi connectivity index (χ1n) is 8.35. The lowest BCUT2D eigenvalue weighted by molar-refractivity contribution is -0.249. The molecule has 2 heterocycles. The van der Waals surface area contributed by atoms with Crippen LogP contribution in [-0.4, -0.2) is 62.3 Å². The number of nitrogens with zero attached hydrogens (tertiary/aromatic N) is 1. The Hall–Kier alpha value is -2.29. The van der Waals surface area contributed by atoms with Crippen molar-refractivity contribution in [2.24, 2.45) is 0 Å². The lowest BCUT2D eigenvalue weighted by Crippen LogP contribution is -2.56. The van der Waals surface area contributed by atoms with E-state index in [1.54, 1.807) is 22.8 Å². The lowest BCUT2D eigenvalue weighted by atomic mass is 9.98. The summed E-state index contributed by atoms with van der Waals surface area (Å²) in [6, 6.07) is 12.6. The van der Waals surface area contributed by atoms with Crippen molar-refractivity contribution in [2.75, 3.05) is 6.61 Å². The van der Waals surface area contributed by atoms with Crippen LogP contribution in [0.15, 0.2) is 42.5 Å². The van der Waals surface area contributed by atoms with Crippen LogP contribution in [0.25, 0.3) is 21.8 Å². The van der Waals surface area contributed by atoms with Crippen LogP contribution in [-0.2, 0) is 4.74 Å². The highest BCUT2D eigenvalue weighted by atomic mass is 16.6. The van der Waals surface area contributed by atoms with Gasteiger partial charge in [0.25, 0.3) is 0 Å². The minimum Gasteiger partial charge on any atom is -0.394 e. The van der Waals surface area contributed by atoms with Gasteiger partial charge in [0.1, 0.15) is 30.7 Å². The first kappa shape index (κ1) is 17.1. The maximum atomic E-state index is 11.1. The third-order valence-electron chi connectivity index (χ3n) is 4.99. The molecule has 7 heteroatoms. The molecule has 0 bridgehead atoms. The molecule has 1 saturated heterocycles. The van der Waals surface area contributed by atoms with Gasteiger partial charge in [-0.25, -0.2) is 0 Å². The summed E-state index contributed by atoms with van der Waals surface area (Å²) in [6.07, 6.45) is -5.51. The maximum absolute atomic E-state index is 11.1. The molecular weight excluding hydrogens is 338 g/mol. The van der Waals surface area contributed by atoms with Crippen LogP contribution < -0.4 is 0 Å². The first-order chi connectivity index (χ1) is 12.6. The van der Waals surface area contributed by atoms with Crippen LogP contribution in [0.4, 0.5) is 0 Å². The van der Waals surface area contributed by atoms with E-state index in [1.165, 1.54) is 0 Å². The second-order valence-corrected chi connectivity index (χ2v) is 6.50. The molecule has 26 heavy (non-hydrogen) atoms. The van der Waals surface area contributed by atoms with Crippen LogP contribution >= 0.6 is 0 Å². The first-order valence-corrected chi connectivity index (χ1v) is 8.35. The summed E-state index contributed by atoms with van der Waals surface area (Å²) in [7, 11) is 0. The SMILES string of the molecule is O=Cc1ccc2c(c1)c1ccccc1n2[C@@H]1O[C@H](CO)[C@@H](O)[C@H](O)[C@H]1O. The number of ether oxygens (including phenoxy) is 1. The summed E-state index contributed by atoms with van der Waals surface area (Å²) in [5, 5.41) is 41.8. The fourth-order valence-corrected chi connectivity index (χ4v) is 3.66. The van der Waals surface area contributed by atoms with Crippen LogP contribution in [0, 0.1) is 0 Å². The molecule has 4 rings (SSSR count). The molecule has 0 radical (unpaired) electrons. The number of para-hydroxylation sites is 1. The number of hydrogen-bond donors (Lipinski definition) is 4. The van der Waals surface area contributed by atoms with E-state index in [-0.39, 0.29) is 0 Å². The van der Waals surface area contributed by atoms with Crippen LogP contribution in [0.2, 0.25) is 0 Å². The van der Waals surface area contributed by atoms with Crippen molar-refractivity contribution < 1.29 is 30.0 Å². The molecule has 1 aromatic heterocycles.